The number of ether oxygens (including phenoxy) is 4. The molecule has 0 atom stereocenters. The number of methoxy groups -OCH3 is 3. The molecule has 34 heavy (non-hydrogen) atoms. The van der Waals surface area contributed by atoms with Gasteiger partial charge in [0.2, 0.25) is 0 Å². The molecule has 0 spiro atoms. The zero-order valence-electron chi connectivity index (χ0n) is 19.8. The maximum atomic E-state index is 13.5. The number of benzene rings is 1. The van der Waals surface area contributed by atoms with Gasteiger partial charge in [-0.25, -0.2) is 4.98 Å². The van der Waals surface area contributed by atoms with Crippen molar-refractivity contribution in [1.29, 1.82) is 0 Å². The molecule has 3 heterocycles. The zero-order valence-corrected chi connectivity index (χ0v) is 20.6. The summed E-state index contributed by atoms with van der Waals surface area (Å²) < 4.78 is 21.5. The van der Waals surface area contributed by atoms with E-state index < -0.39 is 5.91 Å². The average molecular weight is 486 g/mol. The van der Waals surface area contributed by atoms with Gasteiger partial charge in [0.1, 0.15) is 15.5 Å². The molecule has 3 aromatic rings. The number of anilines is 1. The molecule has 1 aliphatic rings. The smallest absolute Gasteiger partial charge is 0.266 e. The minimum absolute atomic E-state index is 0.155. The predicted octanol–water partition coefficient (Wildman–Crippen LogP) is 3.66. The number of thiophene rings is 1. The number of carbonyl (C=O) groups is 2. The molecular weight excluding hydrogens is 458 g/mol. The average Bonchev–Trinajstić information content (AvgIpc) is 3.20. The first-order valence-corrected chi connectivity index (χ1v) is 11.6. The van der Waals surface area contributed by atoms with Crippen molar-refractivity contribution in [3.63, 3.8) is 0 Å². The highest BCUT2D eigenvalue weighted by atomic mass is 32.1. The van der Waals surface area contributed by atoms with E-state index in [0.29, 0.717) is 58.9 Å². The number of rotatable bonds is 6. The quantitative estimate of drug-likeness (QED) is 0.569. The van der Waals surface area contributed by atoms with Crippen LogP contribution in [0.1, 0.15) is 31.3 Å². The van der Waals surface area contributed by atoms with Crippen molar-refractivity contribution < 1.29 is 28.5 Å². The van der Waals surface area contributed by atoms with Gasteiger partial charge in [0.05, 0.1) is 45.8 Å². The van der Waals surface area contributed by atoms with E-state index in [4.69, 9.17) is 18.9 Å². The van der Waals surface area contributed by atoms with Crippen molar-refractivity contribution in [2.45, 2.75) is 13.8 Å². The molecule has 1 N–H and O–H groups in total. The first kappa shape index (κ1) is 23.8. The molecule has 1 fully saturated rings. The molecule has 4 rings (SSSR count). The van der Waals surface area contributed by atoms with E-state index in [0.717, 1.165) is 16.6 Å². The maximum absolute atomic E-state index is 13.5. The third-order valence-corrected chi connectivity index (χ3v) is 6.74. The fraction of sp³-hybridized carbons (Fsp3) is 0.375. The van der Waals surface area contributed by atoms with Crippen LogP contribution in [0.15, 0.2) is 18.2 Å². The summed E-state index contributed by atoms with van der Waals surface area (Å²) in [7, 11) is 4.48. The summed E-state index contributed by atoms with van der Waals surface area (Å²) in [6, 6.07) is 5.08. The number of morpholine rings is 1. The van der Waals surface area contributed by atoms with Gasteiger partial charge in [-0.3, -0.25) is 9.59 Å². The fourth-order valence-electron chi connectivity index (χ4n) is 4.01. The molecular formula is C24H27N3O6S. The Kier molecular flexibility index (Phi) is 6.90. The number of nitrogens with one attached hydrogen (secondary N) is 1. The highest BCUT2D eigenvalue weighted by Crippen LogP contribution is 2.40. The van der Waals surface area contributed by atoms with Crippen molar-refractivity contribution in [3.05, 3.63) is 39.9 Å². The minimum Gasteiger partial charge on any atom is -0.496 e. The van der Waals surface area contributed by atoms with Crippen molar-refractivity contribution in [2.75, 3.05) is 52.9 Å². The van der Waals surface area contributed by atoms with Gasteiger partial charge in [-0.2, -0.15) is 0 Å². The second kappa shape index (κ2) is 9.86. The fourth-order valence-corrected chi connectivity index (χ4v) is 5.23. The highest BCUT2D eigenvalue weighted by molar-refractivity contribution is 7.21. The second-order valence-corrected chi connectivity index (χ2v) is 8.83. The van der Waals surface area contributed by atoms with E-state index in [1.54, 1.807) is 17.0 Å². The molecule has 1 saturated heterocycles. The Hall–Kier alpha value is -3.37. The van der Waals surface area contributed by atoms with Crippen LogP contribution in [0.5, 0.6) is 17.2 Å². The van der Waals surface area contributed by atoms with Crippen LogP contribution in [0.2, 0.25) is 0 Å². The van der Waals surface area contributed by atoms with Crippen LogP contribution < -0.4 is 19.5 Å². The Bertz CT molecular complexity index is 1250. The highest BCUT2D eigenvalue weighted by Gasteiger charge is 2.28. The summed E-state index contributed by atoms with van der Waals surface area (Å²) in [5.74, 6) is 0.560. The van der Waals surface area contributed by atoms with Crippen LogP contribution in [0.3, 0.4) is 0 Å². The van der Waals surface area contributed by atoms with Crippen molar-refractivity contribution in [3.8, 4) is 17.2 Å². The van der Waals surface area contributed by atoms with Gasteiger partial charge < -0.3 is 29.2 Å². The van der Waals surface area contributed by atoms with Crippen molar-refractivity contribution >= 4 is 39.1 Å². The van der Waals surface area contributed by atoms with Crippen LogP contribution in [-0.2, 0) is 4.74 Å². The molecule has 2 aromatic heterocycles. The molecule has 0 saturated carbocycles. The predicted molar refractivity (Wildman–Crippen MR) is 130 cm³/mol. The summed E-state index contributed by atoms with van der Waals surface area (Å²) in [4.78, 5) is 34.4. The standard InChI is InChI=1S/C24H27N3O6S/c1-13-10-14(2)25-23-19(13)20(21(34-23)24(29)27-6-8-33-9-7-27)26-22(28)15-11-17(31-4)18(32-5)12-16(15)30-3/h10-12H,6-9H2,1-5H3,(H,26,28). The SMILES string of the molecule is COc1cc(OC)c(C(=O)Nc2c(C(=O)N3CCOCC3)sc3nc(C)cc(C)c23)cc1OC. The third kappa shape index (κ3) is 4.38. The number of pyridine rings is 1. The van der Waals surface area contributed by atoms with E-state index in [-0.39, 0.29) is 11.5 Å². The summed E-state index contributed by atoms with van der Waals surface area (Å²) in [5.41, 5.74) is 2.47. The van der Waals surface area contributed by atoms with Crippen LogP contribution >= 0.6 is 11.3 Å². The van der Waals surface area contributed by atoms with E-state index in [2.05, 4.69) is 10.3 Å². The Labute approximate surface area is 201 Å². The largest absolute Gasteiger partial charge is 0.496 e. The molecule has 0 unspecified atom stereocenters. The number of aryl methyl sites for hydroxylation is 2. The first-order chi connectivity index (χ1) is 16.4. The lowest BCUT2D eigenvalue weighted by Gasteiger charge is -2.26. The molecule has 180 valence electrons. The van der Waals surface area contributed by atoms with Gasteiger partial charge in [0.15, 0.2) is 11.5 Å². The topological polar surface area (TPSA) is 99.2 Å². The number of hydrogen-bond donors (Lipinski definition) is 1. The normalized spacial score (nSPS) is 13.6. The van der Waals surface area contributed by atoms with Crippen molar-refractivity contribution in [2.24, 2.45) is 0 Å². The van der Waals surface area contributed by atoms with Gasteiger partial charge >= 0.3 is 0 Å². The molecule has 1 aromatic carbocycles. The zero-order chi connectivity index (χ0) is 24.4. The number of carbonyl (C=O) groups excluding carboxylic acids is 2. The van der Waals surface area contributed by atoms with Crippen LogP contribution in [0.25, 0.3) is 10.2 Å². The summed E-state index contributed by atoms with van der Waals surface area (Å²) in [5, 5.41) is 3.72. The number of amides is 2. The summed E-state index contributed by atoms with van der Waals surface area (Å²) in [6.45, 7) is 5.81. The molecule has 2 amide bonds. The lowest BCUT2D eigenvalue weighted by atomic mass is 10.1. The van der Waals surface area contributed by atoms with Gasteiger partial charge in [0.25, 0.3) is 11.8 Å². The van der Waals surface area contributed by atoms with E-state index in [1.807, 2.05) is 19.9 Å². The Morgan fingerprint density at radius 1 is 1.00 bits per heavy atom. The van der Waals surface area contributed by atoms with Crippen LogP contribution in [0.4, 0.5) is 5.69 Å². The number of nitrogens with zero attached hydrogens (tertiary/aromatic N) is 2. The minimum atomic E-state index is -0.437. The maximum Gasteiger partial charge on any atom is 0.266 e. The monoisotopic (exact) mass is 485 g/mol. The lowest BCUT2D eigenvalue weighted by molar-refractivity contribution is 0.0307. The van der Waals surface area contributed by atoms with Crippen molar-refractivity contribution in [1.82, 2.24) is 9.88 Å². The molecule has 0 bridgehead atoms. The molecule has 1 aliphatic heterocycles. The first-order valence-electron chi connectivity index (χ1n) is 10.8. The molecule has 0 radical (unpaired) electrons. The Morgan fingerprint density at radius 2 is 1.65 bits per heavy atom. The Morgan fingerprint density at radius 3 is 2.29 bits per heavy atom. The van der Waals surface area contributed by atoms with E-state index >= 15 is 0 Å². The van der Waals surface area contributed by atoms with Gasteiger partial charge in [-0.15, -0.1) is 11.3 Å². The summed E-state index contributed by atoms with van der Waals surface area (Å²) in [6.07, 6.45) is 0. The van der Waals surface area contributed by atoms with E-state index in [9.17, 15) is 9.59 Å². The molecule has 0 aliphatic carbocycles. The second-order valence-electron chi connectivity index (χ2n) is 7.83. The molecule has 10 heteroatoms. The molecule has 9 nitrogen and oxygen atoms in total. The van der Waals surface area contributed by atoms with Gasteiger partial charge in [-0.1, -0.05) is 0 Å². The third-order valence-electron chi connectivity index (χ3n) is 5.67. The van der Waals surface area contributed by atoms with Crippen LogP contribution in [0, 0.1) is 13.8 Å². The Balaban J connectivity index is 1.81. The number of fused-ring (bicyclic) bond motifs is 1. The van der Waals surface area contributed by atoms with E-state index in [1.165, 1.54) is 32.7 Å². The van der Waals surface area contributed by atoms with Gasteiger partial charge in [-0.05, 0) is 25.5 Å². The number of hydrogen-bond acceptors (Lipinski definition) is 8. The van der Waals surface area contributed by atoms with Crippen LogP contribution in [-0.4, -0.2) is 69.3 Å². The summed E-state index contributed by atoms with van der Waals surface area (Å²) >= 11 is 1.28. The van der Waals surface area contributed by atoms with Gasteiger partial charge in [0, 0.05) is 36.3 Å². The number of aromatic nitrogens is 1. The lowest BCUT2D eigenvalue weighted by Crippen LogP contribution is -2.40.